The number of pyridine rings is 1. The van der Waals surface area contributed by atoms with Crippen molar-refractivity contribution in [3.8, 4) is 5.69 Å². The van der Waals surface area contributed by atoms with Gasteiger partial charge in [-0.1, -0.05) is 18.2 Å². The molecule has 0 atom stereocenters. The normalized spacial score (nSPS) is 10.9. The predicted octanol–water partition coefficient (Wildman–Crippen LogP) is 3.09. The number of benzene rings is 1. The van der Waals surface area contributed by atoms with Crippen LogP contribution >= 0.6 is 0 Å². The summed E-state index contributed by atoms with van der Waals surface area (Å²) >= 11 is 0. The number of hydrazone groups is 1. The molecule has 2 heterocycles. The number of amides is 1. The Morgan fingerprint density at radius 1 is 1.25 bits per heavy atom. The van der Waals surface area contributed by atoms with E-state index in [-0.39, 0.29) is 12.1 Å². The Bertz CT molecular complexity index is 1040. The van der Waals surface area contributed by atoms with E-state index in [0.717, 1.165) is 22.6 Å². The van der Waals surface area contributed by atoms with Crippen LogP contribution in [0.4, 0.5) is 5.69 Å². The van der Waals surface area contributed by atoms with Crippen LogP contribution in [0.25, 0.3) is 5.69 Å². The van der Waals surface area contributed by atoms with Gasteiger partial charge in [0.1, 0.15) is 0 Å². The van der Waals surface area contributed by atoms with Gasteiger partial charge in [0.25, 0.3) is 5.69 Å². The maximum atomic E-state index is 12.1. The monoisotopic (exact) mass is 377 g/mol. The van der Waals surface area contributed by atoms with E-state index in [0.29, 0.717) is 5.56 Å². The minimum absolute atomic E-state index is 0.0810. The summed E-state index contributed by atoms with van der Waals surface area (Å²) in [7, 11) is 0. The summed E-state index contributed by atoms with van der Waals surface area (Å²) in [6.45, 7) is 3.95. The van der Waals surface area contributed by atoms with Gasteiger partial charge in [0, 0.05) is 46.7 Å². The summed E-state index contributed by atoms with van der Waals surface area (Å²) in [5, 5.41) is 15.0. The lowest BCUT2D eigenvalue weighted by molar-refractivity contribution is -0.385. The zero-order valence-corrected chi connectivity index (χ0v) is 15.5. The summed E-state index contributed by atoms with van der Waals surface area (Å²) in [6, 6.07) is 11.9. The number of nitrogens with one attached hydrogen (secondary N) is 1. The van der Waals surface area contributed by atoms with Crippen LogP contribution in [0, 0.1) is 24.0 Å². The number of carbonyl (C=O) groups excluding carboxylic acids is 1. The minimum Gasteiger partial charge on any atom is -0.318 e. The molecule has 1 aromatic carbocycles. The number of rotatable bonds is 6. The van der Waals surface area contributed by atoms with Gasteiger partial charge in [-0.05, 0) is 32.0 Å². The molecule has 0 saturated heterocycles. The lowest BCUT2D eigenvalue weighted by atomic mass is 10.1. The molecule has 3 rings (SSSR count). The van der Waals surface area contributed by atoms with E-state index in [2.05, 4.69) is 20.1 Å². The van der Waals surface area contributed by atoms with Gasteiger partial charge >= 0.3 is 0 Å². The van der Waals surface area contributed by atoms with Crippen molar-refractivity contribution in [3.63, 3.8) is 0 Å². The molecule has 0 spiro atoms. The summed E-state index contributed by atoms with van der Waals surface area (Å²) in [6.07, 6.45) is 4.90. The van der Waals surface area contributed by atoms with Crippen molar-refractivity contribution in [2.24, 2.45) is 5.10 Å². The SMILES string of the molecule is Cc1cc(C=NNC(=O)Cc2ccccc2[N+](=O)[O-])c(C)n1-c1ccncc1. The molecule has 0 saturated carbocycles. The van der Waals surface area contributed by atoms with Gasteiger partial charge in [-0.15, -0.1) is 0 Å². The first-order valence-corrected chi connectivity index (χ1v) is 8.61. The topological polar surface area (TPSA) is 102 Å². The molecule has 2 aromatic heterocycles. The second kappa shape index (κ2) is 8.26. The molecule has 0 aliphatic rings. The smallest absolute Gasteiger partial charge is 0.273 e. The highest BCUT2D eigenvalue weighted by Gasteiger charge is 2.15. The zero-order chi connectivity index (χ0) is 20.1. The Balaban J connectivity index is 1.70. The van der Waals surface area contributed by atoms with Crippen molar-refractivity contribution in [1.29, 1.82) is 0 Å². The Kier molecular flexibility index (Phi) is 5.59. The van der Waals surface area contributed by atoms with Gasteiger partial charge in [0.15, 0.2) is 0 Å². The molecule has 0 aliphatic heterocycles. The molecule has 3 aromatic rings. The molecular formula is C20H19N5O3. The zero-order valence-electron chi connectivity index (χ0n) is 15.5. The molecule has 8 heteroatoms. The van der Waals surface area contributed by atoms with Crippen LogP contribution < -0.4 is 5.43 Å². The van der Waals surface area contributed by atoms with E-state index in [1.165, 1.54) is 6.07 Å². The molecule has 0 fully saturated rings. The van der Waals surface area contributed by atoms with Gasteiger partial charge in [-0.3, -0.25) is 19.9 Å². The summed E-state index contributed by atoms with van der Waals surface area (Å²) < 4.78 is 2.07. The van der Waals surface area contributed by atoms with Crippen molar-refractivity contribution in [1.82, 2.24) is 15.0 Å². The number of aromatic nitrogens is 2. The highest BCUT2D eigenvalue weighted by atomic mass is 16.6. The molecule has 0 aliphatic carbocycles. The first-order chi connectivity index (χ1) is 13.5. The molecule has 0 radical (unpaired) electrons. The number of hydrogen-bond donors (Lipinski definition) is 1. The van der Waals surface area contributed by atoms with E-state index in [1.54, 1.807) is 36.8 Å². The summed E-state index contributed by atoms with van der Waals surface area (Å²) in [4.78, 5) is 26.7. The average molecular weight is 377 g/mol. The molecule has 1 amide bonds. The predicted molar refractivity (Wildman–Crippen MR) is 106 cm³/mol. The lowest BCUT2D eigenvalue weighted by Crippen LogP contribution is -2.20. The molecular weight excluding hydrogens is 358 g/mol. The molecule has 8 nitrogen and oxygen atoms in total. The molecule has 1 N–H and O–H groups in total. The summed E-state index contributed by atoms with van der Waals surface area (Å²) in [5.74, 6) is -0.423. The molecule has 0 unspecified atom stereocenters. The highest BCUT2D eigenvalue weighted by molar-refractivity contribution is 5.85. The molecule has 0 bridgehead atoms. The van der Waals surface area contributed by atoms with Gasteiger partial charge in [-0.25, -0.2) is 5.43 Å². The number of carbonyl (C=O) groups is 1. The lowest BCUT2D eigenvalue weighted by Gasteiger charge is -2.08. The third kappa shape index (κ3) is 4.12. The second-order valence-electron chi connectivity index (χ2n) is 6.22. The van der Waals surface area contributed by atoms with Crippen molar-refractivity contribution in [2.75, 3.05) is 0 Å². The van der Waals surface area contributed by atoms with Crippen LogP contribution in [0.3, 0.4) is 0 Å². The van der Waals surface area contributed by atoms with Crippen LogP contribution in [-0.2, 0) is 11.2 Å². The van der Waals surface area contributed by atoms with Crippen molar-refractivity contribution in [2.45, 2.75) is 20.3 Å². The minimum atomic E-state index is -0.500. The van der Waals surface area contributed by atoms with Gasteiger partial charge < -0.3 is 4.57 Å². The van der Waals surface area contributed by atoms with Crippen LogP contribution in [0.15, 0.2) is 60.0 Å². The third-order valence-corrected chi connectivity index (χ3v) is 4.32. The van der Waals surface area contributed by atoms with E-state index < -0.39 is 10.8 Å². The third-order valence-electron chi connectivity index (χ3n) is 4.32. The van der Waals surface area contributed by atoms with Gasteiger partial charge in [-0.2, -0.15) is 5.10 Å². The van der Waals surface area contributed by atoms with E-state index >= 15 is 0 Å². The van der Waals surface area contributed by atoms with E-state index in [1.807, 2.05) is 32.0 Å². The standard InChI is InChI=1S/C20H19N5O3/c1-14-11-17(15(2)24(14)18-7-9-21-10-8-18)13-22-23-20(26)12-16-5-3-4-6-19(16)25(27)28/h3-11,13H,12H2,1-2H3,(H,23,26). The Hall–Kier alpha value is -3.81. The second-order valence-corrected chi connectivity index (χ2v) is 6.22. The number of nitro groups is 1. The van der Waals surface area contributed by atoms with Gasteiger partial charge in [0.05, 0.1) is 17.6 Å². The van der Waals surface area contributed by atoms with Gasteiger partial charge in [0.2, 0.25) is 5.91 Å². The fourth-order valence-electron chi connectivity index (χ4n) is 3.03. The fourth-order valence-corrected chi connectivity index (χ4v) is 3.03. The quantitative estimate of drug-likeness (QED) is 0.405. The van der Waals surface area contributed by atoms with Crippen LogP contribution in [0.2, 0.25) is 0 Å². The van der Waals surface area contributed by atoms with Crippen molar-refractivity contribution in [3.05, 3.63) is 87.5 Å². The number of aryl methyl sites for hydroxylation is 1. The van der Waals surface area contributed by atoms with Crippen molar-refractivity contribution < 1.29 is 9.72 Å². The number of nitro benzene ring substituents is 1. The largest absolute Gasteiger partial charge is 0.318 e. The average Bonchev–Trinajstić information content (AvgIpc) is 2.96. The number of para-hydroxylation sites is 1. The van der Waals surface area contributed by atoms with Crippen LogP contribution in [-0.4, -0.2) is 26.6 Å². The first kappa shape index (κ1) is 19.0. The first-order valence-electron chi connectivity index (χ1n) is 8.61. The Morgan fingerprint density at radius 3 is 2.68 bits per heavy atom. The molecule has 142 valence electrons. The summed E-state index contributed by atoms with van der Waals surface area (Å²) in [5.41, 5.74) is 6.54. The van der Waals surface area contributed by atoms with Crippen molar-refractivity contribution >= 4 is 17.8 Å². The van der Waals surface area contributed by atoms with Crippen LogP contribution in [0.5, 0.6) is 0 Å². The Morgan fingerprint density at radius 2 is 1.96 bits per heavy atom. The number of hydrogen-bond acceptors (Lipinski definition) is 5. The maximum Gasteiger partial charge on any atom is 0.273 e. The van der Waals surface area contributed by atoms with Crippen LogP contribution in [0.1, 0.15) is 22.5 Å². The van der Waals surface area contributed by atoms with E-state index in [4.69, 9.17) is 0 Å². The number of nitrogens with zero attached hydrogens (tertiary/aromatic N) is 4. The fraction of sp³-hybridized carbons (Fsp3) is 0.150. The van der Waals surface area contributed by atoms with E-state index in [9.17, 15) is 14.9 Å². The molecule has 28 heavy (non-hydrogen) atoms. The maximum absolute atomic E-state index is 12.1. The Labute approximate surface area is 161 Å². The highest BCUT2D eigenvalue weighted by Crippen LogP contribution is 2.19.